The number of hydrogen-bond acceptors (Lipinski definition) is 6. The highest BCUT2D eigenvalue weighted by Crippen LogP contribution is 2.21. The van der Waals surface area contributed by atoms with Gasteiger partial charge in [0.2, 0.25) is 5.95 Å². The molecule has 2 aromatic heterocycles. The van der Waals surface area contributed by atoms with Crippen LogP contribution in [-0.2, 0) is 0 Å². The predicted molar refractivity (Wildman–Crippen MR) is 81.9 cm³/mol. The molecule has 0 spiro atoms. The predicted octanol–water partition coefficient (Wildman–Crippen LogP) is 0.694. The lowest BCUT2D eigenvalue weighted by Gasteiger charge is -2.39. The van der Waals surface area contributed by atoms with E-state index in [1.54, 1.807) is 12.4 Å². The van der Waals surface area contributed by atoms with Gasteiger partial charge in [-0.2, -0.15) is 0 Å². The van der Waals surface area contributed by atoms with Gasteiger partial charge in [0.1, 0.15) is 0 Å². The van der Waals surface area contributed by atoms with Crippen LogP contribution in [0.4, 0.5) is 5.95 Å². The normalized spacial score (nSPS) is 17.7. The van der Waals surface area contributed by atoms with Gasteiger partial charge in [0.15, 0.2) is 0 Å². The van der Waals surface area contributed by atoms with E-state index in [4.69, 9.17) is 5.73 Å². The number of aromatic nitrogens is 3. The summed E-state index contributed by atoms with van der Waals surface area (Å²) in [5.74, 6) is 0.811. The average Bonchev–Trinajstić information content (AvgIpc) is 2.58. The fourth-order valence-corrected chi connectivity index (χ4v) is 2.77. The number of nitrogens with zero attached hydrogens (tertiary/aromatic N) is 5. The number of pyridine rings is 1. The Morgan fingerprint density at radius 3 is 2.29 bits per heavy atom. The van der Waals surface area contributed by atoms with Gasteiger partial charge in [-0.3, -0.25) is 9.88 Å². The summed E-state index contributed by atoms with van der Waals surface area (Å²) in [6, 6.07) is 6.19. The number of anilines is 1. The Bertz CT molecular complexity index is 539. The van der Waals surface area contributed by atoms with Crippen LogP contribution < -0.4 is 10.6 Å². The van der Waals surface area contributed by atoms with Crippen LogP contribution in [0.1, 0.15) is 11.6 Å². The van der Waals surface area contributed by atoms with E-state index in [0.717, 1.165) is 32.1 Å². The maximum atomic E-state index is 5.98. The number of nitrogens with two attached hydrogens (primary N) is 1. The van der Waals surface area contributed by atoms with Crippen molar-refractivity contribution in [2.75, 3.05) is 37.6 Å². The molecular formula is C15H20N6. The van der Waals surface area contributed by atoms with Crippen molar-refractivity contribution >= 4 is 5.95 Å². The summed E-state index contributed by atoms with van der Waals surface area (Å²) >= 11 is 0. The van der Waals surface area contributed by atoms with Crippen molar-refractivity contribution in [1.29, 1.82) is 0 Å². The third-order valence-electron chi connectivity index (χ3n) is 3.90. The molecule has 0 aromatic carbocycles. The second-order valence-corrected chi connectivity index (χ2v) is 5.10. The Morgan fingerprint density at radius 1 is 1.00 bits per heavy atom. The first-order valence-electron chi connectivity index (χ1n) is 7.24. The van der Waals surface area contributed by atoms with Gasteiger partial charge in [-0.25, -0.2) is 9.97 Å². The zero-order valence-corrected chi connectivity index (χ0v) is 12.0. The van der Waals surface area contributed by atoms with Crippen LogP contribution >= 0.6 is 0 Å². The molecule has 1 saturated heterocycles. The lowest BCUT2D eigenvalue weighted by molar-refractivity contribution is 0.189. The molecule has 6 nitrogen and oxygen atoms in total. The average molecular weight is 284 g/mol. The Hall–Kier alpha value is -2.05. The molecule has 21 heavy (non-hydrogen) atoms. The maximum Gasteiger partial charge on any atom is 0.225 e. The van der Waals surface area contributed by atoms with E-state index < -0.39 is 0 Å². The number of rotatable bonds is 4. The first kappa shape index (κ1) is 13.9. The van der Waals surface area contributed by atoms with E-state index in [1.165, 1.54) is 5.56 Å². The largest absolute Gasteiger partial charge is 0.338 e. The quantitative estimate of drug-likeness (QED) is 0.891. The minimum atomic E-state index is 0.256. The van der Waals surface area contributed by atoms with Gasteiger partial charge in [-0.1, -0.05) is 0 Å². The molecule has 0 radical (unpaired) electrons. The van der Waals surface area contributed by atoms with E-state index in [0.29, 0.717) is 6.54 Å². The third-order valence-corrected chi connectivity index (χ3v) is 3.90. The summed E-state index contributed by atoms with van der Waals surface area (Å²) in [4.78, 5) is 17.3. The van der Waals surface area contributed by atoms with Gasteiger partial charge in [-0.05, 0) is 23.8 Å². The smallest absolute Gasteiger partial charge is 0.225 e. The molecule has 3 rings (SSSR count). The van der Waals surface area contributed by atoms with Gasteiger partial charge in [0, 0.05) is 63.6 Å². The van der Waals surface area contributed by atoms with Crippen molar-refractivity contribution in [1.82, 2.24) is 19.9 Å². The van der Waals surface area contributed by atoms with Crippen LogP contribution in [-0.4, -0.2) is 52.6 Å². The highest BCUT2D eigenvalue weighted by molar-refractivity contribution is 5.29. The fourth-order valence-electron chi connectivity index (χ4n) is 2.77. The van der Waals surface area contributed by atoms with Crippen molar-refractivity contribution in [3.63, 3.8) is 0 Å². The van der Waals surface area contributed by atoms with Gasteiger partial charge < -0.3 is 10.6 Å². The zero-order chi connectivity index (χ0) is 14.5. The molecule has 1 aliphatic heterocycles. The molecule has 0 amide bonds. The first-order valence-corrected chi connectivity index (χ1v) is 7.24. The van der Waals surface area contributed by atoms with E-state index in [1.807, 2.05) is 30.6 Å². The minimum Gasteiger partial charge on any atom is -0.338 e. The van der Waals surface area contributed by atoms with E-state index in [-0.39, 0.29) is 6.04 Å². The lowest BCUT2D eigenvalue weighted by Crippen LogP contribution is -2.49. The number of hydrogen-bond donors (Lipinski definition) is 1. The summed E-state index contributed by atoms with van der Waals surface area (Å²) in [6.45, 7) is 4.38. The van der Waals surface area contributed by atoms with Crippen LogP contribution in [0.5, 0.6) is 0 Å². The molecule has 3 heterocycles. The van der Waals surface area contributed by atoms with Gasteiger partial charge in [-0.15, -0.1) is 0 Å². The van der Waals surface area contributed by atoms with Crippen molar-refractivity contribution in [3.05, 3.63) is 48.5 Å². The SMILES string of the molecule is NCC(c1ccncc1)N1CCN(c2ncccn2)CC1. The number of piperazine rings is 1. The molecule has 0 aliphatic carbocycles. The van der Waals surface area contributed by atoms with Crippen molar-refractivity contribution < 1.29 is 0 Å². The van der Waals surface area contributed by atoms with Crippen LogP contribution in [0.2, 0.25) is 0 Å². The van der Waals surface area contributed by atoms with Gasteiger partial charge in [0.25, 0.3) is 0 Å². The molecule has 1 atom stereocenters. The lowest BCUT2D eigenvalue weighted by atomic mass is 10.1. The van der Waals surface area contributed by atoms with Crippen LogP contribution in [0, 0.1) is 0 Å². The molecule has 110 valence electrons. The second-order valence-electron chi connectivity index (χ2n) is 5.10. The van der Waals surface area contributed by atoms with E-state index in [2.05, 4.69) is 24.8 Å². The van der Waals surface area contributed by atoms with Gasteiger partial charge >= 0.3 is 0 Å². The monoisotopic (exact) mass is 284 g/mol. The van der Waals surface area contributed by atoms with Crippen LogP contribution in [0.3, 0.4) is 0 Å². The van der Waals surface area contributed by atoms with Crippen molar-refractivity contribution in [3.8, 4) is 0 Å². The Labute approximate surface area is 124 Å². The molecule has 2 aromatic rings. The molecule has 2 N–H and O–H groups in total. The molecule has 1 unspecified atom stereocenters. The van der Waals surface area contributed by atoms with Crippen LogP contribution in [0.25, 0.3) is 0 Å². The van der Waals surface area contributed by atoms with Crippen LogP contribution in [0.15, 0.2) is 43.0 Å². The van der Waals surface area contributed by atoms with Gasteiger partial charge in [0.05, 0.1) is 0 Å². The zero-order valence-electron chi connectivity index (χ0n) is 12.0. The highest BCUT2D eigenvalue weighted by Gasteiger charge is 2.24. The first-order chi connectivity index (χ1) is 10.4. The summed E-state index contributed by atoms with van der Waals surface area (Å²) in [6.07, 6.45) is 7.22. The Morgan fingerprint density at radius 2 is 1.67 bits per heavy atom. The highest BCUT2D eigenvalue weighted by atomic mass is 15.3. The second kappa shape index (κ2) is 6.60. The maximum absolute atomic E-state index is 5.98. The third kappa shape index (κ3) is 3.17. The molecule has 1 fully saturated rings. The van der Waals surface area contributed by atoms with E-state index >= 15 is 0 Å². The summed E-state index contributed by atoms with van der Waals surface area (Å²) in [7, 11) is 0. The summed E-state index contributed by atoms with van der Waals surface area (Å²) < 4.78 is 0. The fraction of sp³-hybridized carbons (Fsp3) is 0.400. The minimum absolute atomic E-state index is 0.256. The Kier molecular flexibility index (Phi) is 4.37. The Balaban J connectivity index is 1.65. The molecule has 6 heteroatoms. The van der Waals surface area contributed by atoms with Crippen molar-refractivity contribution in [2.45, 2.75) is 6.04 Å². The molecular weight excluding hydrogens is 264 g/mol. The molecule has 0 bridgehead atoms. The molecule has 1 aliphatic rings. The summed E-state index contributed by atoms with van der Waals surface area (Å²) in [5.41, 5.74) is 7.21. The standard InChI is InChI=1S/C15H20N6/c16-12-14(13-2-6-17-7-3-13)20-8-10-21(11-9-20)15-18-4-1-5-19-15/h1-7,14H,8-12,16H2. The summed E-state index contributed by atoms with van der Waals surface area (Å²) in [5, 5.41) is 0. The molecule has 0 saturated carbocycles. The van der Waals surface area contributed by atoms with E-state index in [9.17, 15) is 0 Å². The van der Waals surface area contributed by atoms with Crippen molar-refractivity contribution in [2.24, 2.45) is 5.73 Å². The topological polar surface area (TPSA) is 71.2 Å².